The van der Waals surface area contributed by atoms with E-state index >= 15 is 0 Å². The first-order valence-electron chi connectivity index (χ1n) is 9.02. The second-order valence-electron chi connectivity index (χ2n) is 6.75. The van der Waals surface area contributed by atoms with Crippen LogP contribution >= 0.6 is 11.8 Å². The molecule has 3 rings (SSSR count). The Labute approximate surface area is 158 Å². The molecule has 0 aromatic heterocycles. The van der Waals surface area contributed by atoms with Gasteiger partial charge in [-0.2, -0.15) is 0 Å². The molecule has 6 heteroatoms. The molecule has 1 fully saturated rings. The molecule has 0 saturated carbocycles. The number of likely N-dealkylation sites (tertiary alicyclic amines) is 1. The minimum absolute atomic E-state index is 0.118. The summed E-state index contributed by atoms with van der Waals surface area (Å²) in [5.41, 5.74) is 1.23. The highest BCUT2D eigenvalue weighted by Gasteiger charge is 2.46. The van der Waals surface area contributed by atoms with E-state index in [-0.39, 0.29) is 42.5 Å². The van der Waals surface area contributed by atoms with Gasteiger partial charge in [-0.25, -0.2) is 0 Å². The number of nitrogens with zero attached hydrogens (tertiary/aromatic N) is 1. The average molecular weight is 372 g/mol. The number of imide groups is 1. The van der Waals surface area contributed by atoms with Gasteiger partial charge in [0.2, 0.25) is 17.7 Å². The zero-order valence-electron chi connectivity index (χ0n) is 14.9. The van der Waals surface area contributed by atoms with Crippen LogP contribution in [0.2, 0.25) is 0 Å². The third-order valence-corrected chi connectivity index (χ3v) is 5.89. The van der Waals surface area contributed by atoms with E-state index in [4.69, 9.17) is 0 Å². The van der Waals surface area contributed by atoms with Gasteiger partial charge in [-0.15, -0.1) is 11.8 Å². The molecule has 2 aliphatic rings. The standard InChI is InChI=1S/C20H24N2O3S/c1-14-6-8-15(9-7-14)26-13-11-21-18(23)10-12-22-19(24)16-4-2-3-5-17(16)20(22)25/h2-3,6-9,16-17H,4-5,10-13H2,1H3,(H,21,23)/t16-,17+. The van der Waals surface area contributed by atoms with Gasteiger partial charge < -0.3 is 5.32 Å². The highest BCUT2D eigenvalue weighted by Crippen LogP contribution is 2.34. The topological polar surface area (TPSA) is 66.5 Å². The highest BCUT2D eigenvalue weighted by molar-refractivity contribution is 7.99. The maximum Gasteiger partial charge on any atom is 0.233 e. The Morgan fingerprint density at radius 1 is 1.12 bits per heavy atom. The lowest BCUT2D eigenvalue weighted by atomic mass is 9.85. The van der Waals surface area contributed by atoms with Crippen LogP contribution < -0.4 is 5.32 Å². The van der Waals surface area contributed by atoms with E-state index in [0.717, 1.165) is 5.75 Å². The van der Waals surface area contributed by atoms with E-state index in [1.165, 1.54) is 15.4 Å². The van der Waals surface area contributed by atoms with E-state index in [2.05, 4.69) is 36.5 Å². The monoisotopic (exact) mass is 372 g/mol. The molecule has 1 heterocycles. The van der Waals surface area contributed by atoms with Crippen molar-refractivity contribution in [3.05, 3.63) is 42.0 Å². The van der Waals surface area contributed by atoms with E-state index in [1.807, 2.05) is 12.2 Å². The Balaban J connectivity index is 1.37. The minimum Gasteiger partial charge on any atom is -0.355 e. The molecule has 1 aromatic rings. The maximum atomic E-state index is 12.3. The van der Waals surface area contributed by atoms with E-state index in [1.54, 1.807) is 11.8 Å². The molecule has 3 amide bonds. The molecule has 1 aliphatic heterocycles. The summed E-state index contributed by atoms with van der Waals surface area (Å²) in [6.45, 7) is 2.80. The van der Waals surface area contributed by atoms with Gasteiger partial charge in [-0.1, -0.05) is 29.8 Å². The van der Waals surface area contributed by atoms with Crippen molar-refractivity contribution in [1.29, 1.82) is 0 Å². The number of allylic oxidation sites excluding steroid dienone is 2. The molecule has 2 atom stereocenters. The first-order valence-corrected chi connectivity index (χ1v) is 10.0. The van der Waals surface area contributed by atoms with Crippen molar-refractivity contribution >= 4 is 29.5 Å². The lowest BCUT2D eigenvalue weighted by Crippen LogP contribution is -2.36. The smallest absolute Gasteiger partial charge is 0.233 e. The normalized spacial score (nSPS) is 21.8. The van der Waals surface area contributed by atoms with Crippen LogP contribution in [-0.4, -0.2) is 41.5 Å². The third kappa shape index (κ3) is 4.36. The molecular formula is C20H24N2O3S. The van der Waals surface area contributed by atoms with Gasteiger partial charge in [0.05, 0.1) is 11.8 Å². The van der Waals surface area contributed by atoms with Crippen LogP contribution in [0.3, 0.4) is 0 Å². The zero-order valence-corrected chi connectivity index (χ0v) is 15.8. The molecular weight excluding hydrogens is 348 g/mol. The Morgan fingerprint density at radius 2 is 1.73 bits per heavy atom. The average Bonchev–Trinajstić information content (AvgIpc) is 2.89. The fraction of sp³-hybridized carbons (Fsp3) is 0.450. The highest BCUT2D eigenvalue weighted by atomic mass is 32.2. The lowest BCUT2D eigenvalue weighted by Gasteiger charge is -2.14. The Morgan fingerprint density at radius 3 is 2.35 bits per heavy atom. The summed E-state index contributed by atoms with van der Waals surface area (Å²) in [6, 6.07) is 8.28. The molecule has 0 bridgehead atoms. The molecule has 1 aromatic carbocycles. The van der Waals surface area contributed by atoms with Gasteiger partial charge >= 0.3 is 0 Å². The van der Waals surface area contributed by atoms with Crippen LogP contribution in [0, 0.1) is 18.8 Å². The second-order valence-corrected chi connectivity index (χ2v) is 7.91. The number of carbonyl (C=O) groups excluding carboxylic acids is 3. The SMILES string of the molecule is Cc1ccc(SCCNC(=O)CCN2C(=O)[C@H]3CC=CC[C@H]3C2=O)cc1. The summed E-state index contributed by atoms with van der Waals surface area (Å²) < 4.78 is 0. The zero-order chi connectivity index (χ0) is 18.5. The number of hydrogen-bond acceptors (Lipinski definition) is 4. The van der Waals surface area contributed by atoms with Crippen LogP contribution in [0.5, 0.6) is 0 Å². The molecule has 1 N–H and O–H groups in total. The molecule has 1 aliphatic carbocycles. The quantitative estimate of drug-likeness (QED) is 0.346. The van der Waals surface area contributed by atoms with Crippen LogP contribution in [0.15, 0.2) is 41.3 Å². The summed E-state index contributed by atoms with van der Waals surface area (Å²) in [7, 11) is 0. The predicted octanol–water partition coefficient (Wildman–Crippen LogP) is 2.54. The summed E-state index contributed by atoms with van der Waals surface area (Å²) in [4.78, 5) is 39.1. The molecule has 0 radical (unpaired) electrons. The number of aryl methyl sites for hydroxylation is 1. The number of thioether (sulfide) groups is 1. The number of amides is 3. The first-order chi connectivity index (χ1) is 12.6. The fourth-order valence-corrected chi connectivity index (χ4v) is 4.15. The summed E-state index contributed by atoms with van der Waals surface area (Å²) >= 11 is 1.69. The van der Waals surface area contributed by atoms with Crippen LogP contribution in [0.25, 0.3) is 0 Å². The maximum absolute atomic E-state index is 12.3. The molecule has 0 unspecified atom stereocenters. The fourth-order valence-electron chi connectivity index (χ4n) is 3.38. The van der Waals surface area contributed by atoms with Gasteiger partial charge in [0.1, 0.15) is 0 Å². The van der Waals surface area contributed by atoms with E-state index < -0.39 is 0 Å². The summed E-state index contributed by atoms with van der Waals surface area (Å²) in [6.07, 6.45) is 5.37. The van der Waals surface area contributed by atoms with Crippen molar-refractivity contribution in [3.63, 3.8) is 0 Å². The Hall–Kier alpha value is -2.08. The van der Waals surface area contributed by atoms with Crippen molar-refractivity contribution in [3.8, 4) is 0 Å². The second kappa shape index (κ2) is 8.54. The van der Waals surface area contributed by atoms with Gasteiger partial charge in [-0.3, -0.25) is 19.3 Å². The van der Waals surface area contributed by atoms with E-state index in [0.29, 0.717) is 19.4 Å². The number of nitrogens with one attached hydrogen (secondary N) is 1. The van der Waals surface area contributed by atoms with Crippen LogP contribution in [-0.2, 0) is 14.4 Å². The van der Waals surface area contributed by atoms with Crippen LogP contribution in [0.4, 0.5) is 0 Å². The Bertz CT molecular complexity index is 688. The molecule has 138 valence electrons. The predicted molar refractivity (Wildman–Crippen MR) is 102 cm³/mol. The van der Waals surface area contributed by atoms with E-state index in [9.17, 15) is 14.4 Å². The van der Waals surface area contributed by atoms with Crippen molar-refractivity contribution in [1.82, 2.24) is 10.2 Å². The summed E-state index contributed by atoms with van der Waals surface area (Å²) in [5, 5.41) is 2.86. The van der Waals surface area contributed by atoms with Crippen molar-refractivity contribution in [2.75, 3.05) is 18.8 Å². The number of benzene rings is 1. The van der Waals surface area contributed by atoms with Gasteiger partial charge in [0.25, 0.3) is 0 Å². The Kier molecular flexibility index (Phi) is 6.14. The van der Waals surface area contributed by atoms with Gasteiger partial charge in [0, 0.05) is 30.2 Å². The molecule has 1 saturated heterocycles. The van der Waals surface area contributed by atoms with Gasteiger partial charge in [0.15, 0.2) is 0 Å². The van der Waals surface area contributed by atoms with Gasteiger partial charge in [-0.05, 0) is 31.9 Å². The number of carbonyl (C=O) groups is 3. The largest absolute Gasteiger partial charge is 0.355 e. The number of fused-ring (bicyclic) bond motifs is 1. The lowest BCUT2D eigenvalue weighted by molar-refractivity contribution is -0.140. The third-order valence-electron chi connectivity index (χ3n) is 4.88. The molecule has 0 spiro atoms. The number of rotatable bonds is 7. The van der Waals surface area contributed by atoms with Crippen LogP contribution in [0.1, 0.15) is 24.8 Å². The minimum atomic E-state index is -0.221. The summed E-state index contributed by atoms with van der Waals surface area (Å²) in [5.74, 6) is -0.0168. The van der Waals surface area contributed by atoms with Crippen molar-refractivity contribution in [2.24, 2.45) is 11.8 Å². The first kappa shape index (κ1) is 18.7. The molecule has 5 nitrogen and oxygen atoms in total. The van der Waals surface area contributed by atoms with Crippen molar-refractivity contribution < 1.29 is 14.4 Å². The molecule has 26 heavy (non-hydrogen) atoms. The number of hydrogen-bond donors (Lipinski definition) is 1. The van der Waals surface area contributed by atoms with Crippen molar-refractivity contribution in [2.45, 2.75) is 31.1 Å².